The molecule has 1 rings (SSSR count). The Balaban J connectivity index is 3.01. The molecule has 18 heavy (non-hydrogen) atoms. The van der Waals surface area contributed by atoms with Crippen molar-refractivity contribution >= 4 is 33.5 Å². The molecule has 1 unspecified atom stereocenters. The molecule has 0 amide bonds. The lowest BCUT2D eigenvalue weighted by Gasteiger charge is -2.22. The van der Waals surface area contributed by atoms with Gasteiger partial charge < -0.3 is 4.74 Å². The first-order chi connectivity index (χ1) is 8.13. The summed E-state index contributed by atoms with van der Waals surface area (Å²) in [6.45, 7) is 6.89. The molecule has 0 saturated heterocycles. The first kappa shape index (κ1) is 15.4. The fourth-order valence-electron chi connectivity index (χ4n) is 1.39. The molecule has 1 aromatic carbocycles. The molecule has 100 valence electrons. The molecular formula is C13H15BrClFO2. The quantitative estimate of drug-likeness (QED) is 0.578. The van der Waals surface area contributed by atoms with E-state index in [1.54, 1.807) is 33.8 Å². The number of ether oxygens (including phenoxy) is 1. The summed E-state index contributed by atoms with van der Waals surface area (Å²) in [7, 11) is 0. The molecule has 0 N–H and O–H groups in total. The van der Waals surface area contributed by atoms with Crippen molar-refractivity contribution in [2.75, 3.05) is 0 Å². The van der Waals surface area contributed by atoms with Crippen molar-refractivity contribution < 1.29 is 13.9 Å². The Hall–Kier alpha value is -0.610. The second-order valence-corrected chi connectivity index (χ2v) is 6.25. The highest BCUT2D eigenvalue weighted by Crippen LogP contribution is 2.32. The maximum Gasteiger partial charge on any atom is 0.313 e. The van der Waals surface area contributed by atoms with E-state index in [1.807, 2.05) is 0 Å². The van der Waals surface area contributed by atoms with Gasteiger partial charge in [-0.25, -0.2) is 4.39 Å². The van der Waals surface area contributed by atoms with Crippen LogP contribution in [0.1, 0.15) is 39.2 Å². The van der Waals surface area contributed by atoms with E-state index in [0.717, 1.165) is 0 Å². The first-order valence-electron chi connectivity index (χ1n) is 5.49. The van der Waals surface area contributed by atoms with Gasteiger partial charge in [0.15, 0.2) is 0 Å². The second-order valence-electron chi connectivity index (χ2n) is 5.02. The summed E-state index contributed by atoms with van der Waals surface area (Å²) in [5, 5.41) is -0.0251. The number of halogens is 3. The Morgan fingerprint density at radius 2 is 2.00 bits per heavy atom. The summed E-state index contributed by atoms with van der Waals surface area (Å²) in [5.74, 6) is -1.76. The number of carbonyl (C=O) groups is 1. The minimum atomic E-state index is -0.699. The van der Waals surface area contributed by atoms with Crippen LogP contribution in [0.15, 0.2) is 16.6 Å². The van der Waals surface area contributed by atoms with E-state index in [-0.39, 0.29) is 10.6 Å². The molecular weight excluding hydrogens is 322 g/mol. The van der Waals surface area contributed by atoms with Gasteiger partial charge in [-0.2, -0.15) is 0 Å². The minimum absolute atomic E-state index is 0.0251. The van der Waals surface area contributed by atoms with Crippen molar-refractivity contribution in [1.29, 1.82) is 0 Å². The van der Waals surface area contributed by atoms with E-state index in [0.29, 0.717) is 4.47 Å². The van der Waals surface area contributed by atoms with Crippen molar-refractivity contribution in [3.8, 4) is 0 Å². The zero-order chi connectivity index (χ0) is 14.1. The molecule has 2 nitrogen and oxygen atoms in total. The number of rotatable bonds is 2. The molecule has 0 aromatic heterocycles. The maximum atomic E-state index is 13.9. The number of esters is 1. The lowest BCUT2D eigenvalue weighted by Crippen LogP contribution is -2.27. The van der Waals surface area contributed by atoms with Gasteiger partial charge >= 0.3 is 5.97 Å². The molecule has 0 spiro atoms. The highest BCUT2D eigenvalue weighted by Gasteiger charge is 2.26. The van der Waals surface area contributed by atoms with Gasteiger partial charge in [-0.05, 0) is 49.7 Å². The van der Waals surface area contributed by atoms with Crippen LogP contribution >= 0.6 is 27.5 Å². The van der Waals surface area contributed by atoms with Crippen LogP contribution in [0, 0.1) is 5.82 Å². The van der Waals surface area contributed by atoms with Crippen molar-refractivity contribution in [1.82, 2.24) is 0 Å². The van der Waals surface area contributed by atoms with E-state index in [1.165, 1.54) is 6.07 Å². The Morgan fingerprint density at radius 1 is 1.44 bits per heavy atom. The van der Waals surface area contributed by atoms with Gasteiger partial charge in [0.2, 0.25) is 0 Å². The number of benzene rings is 1. The van der Waals surface area contributed by atoms with E-state index in [2.05, 4.69) is 15.9 Å². The van der Waals surface area contributed by atoms with E-state index >= 15 is 0 Å². The van der Waals surface area contributed by atoms with Gasteiger partial charge in [0, 0.05) is 10.0 Å². The highest BCUT2D eigenvalue weighted by molar-refractivity contribution is 9.10. The average molecular weight is 338 g/mol. The van der Waals surface area contributed by atoms with Crippen LogP contribution < -0.4 is 0 Å². The predicted octanol–water partition coefficient (Wildman–Crippen LogP) is 4.69. The Morgan fingerprint density at radius 3 is 2.50 bits per heavy atom. The SMILES string of the molecule is CC(C(=O)OC(C)(C)C)c1ccc(Br)c(Cl)c1F. The normalized spacial score (nSPS) is 13.3. The molecule has 0 heterocycles. The van der Waals surface area contributed by atoms with Crippen LogP contribution in [0.4, 0.5) is 4.39 Å². The number of hydrogen-bond acceptors (Lipinski definition) is 2. The van der Waals surface area contributed by atoms with Crippen LogP contribution in [-0.2, 0) is 9.53 Å². The summed E-state index contributed by atoms with van der Waals surface area (Å²) in [6.07, 6.45) is 0. The lowest BCUT2D eigenvalue weighted by atomic mass is 10.0. The van der Waals surface area contributed by atoms with Crippen molar-refractivity contribution in [2.45, 2.75) is 39.2 Å². The van der Waals surface area contributed by atoms with Crippen LogP contribution in [0.5, 0.6) is 0 Å². The third kappa shape index (κ3) is 3.69. The molecule has 0 radical (unpaired) electrons. The third-order valence-corrected chi connectivity index (χ3v) is 3.55. The van der Waals surface area contributed by atoms with Gasteiger partial charge in [0.1, 0.15) is 11.4 Å². The molecule has 0 aliphatic carbocycles. The predicted molar refractivity (Wildman–Crippen MR) is 73.4 cm³/mol. The van der Waals surface area contributed by atoms with Crippen LogP contribution in [0.25, 0.3) is 0 Å². The van der Waals surface area contributed by atoms with Crippen molar-refractivity contribution in [3.05, 3.63) is 33.0 Å². The summed E-state index contributed by atoms with van der Waals surface area (Å²) < 4.78 is 19.6. The largest absolute Gasteiger partial charge is 0.460 e. The second kappa shape index (κ2) is 5.57. The standard InChI is InChI=1S/C13H15BrClFO2/c1-7(12(17)18-13(2,3)4)8-5-6-9(14)10(15)11(8)16/h5-7H,1-4H3. The topological polar surface area (TPSA) is 26.3 Å². The maximum absolute atomic E-state index is 13.9. The third-order valence-electron chi connectivity index (χ3n) is 2.29. The summed E-state index contributed by atoms with van der Waals surface area (Å²) in [6, 6.07) is 3.14. The lowest BCUT2D eigenvalue weighted by molar-refractivity contribution is -0.156. The Kier molecular flexibility index (Phi) is 4.78. The van der Waals surface area contributed by atoms with Crippen molar-refractivity contribution in [3.63, 3.8) is 0 Å². The fourth-order valence-corrected chi connectivity index (χ4v) is 1.87. The van der Waals surface area contributed by atoms with E-state index < -0.39 is 23.3 Å². The first-order valence-corrected chi connectivity index (χ1v) is 6.67. The smallest absolute Gasteiger partial charge is 0.313 e. The van der Waals surface area contributed by atoms with Gasteiger partial charge in [-0.15, -0.1) is 0 Å². The molecule has 1 atom stereocenters. The van der Waals surface area contributed by atoms with E-state index in [9.17, 15) is 9.18 Å². The molecule has 0 saturated carbocycles. The number of carbonyl (C=O) groups excluding carboxylic acids is 1. The van der Waals surface area contributed by atoms with Gasteiger partial charge in [0.25, 0.3) is 0 Å². The monoisotopic (exact) mass is 336 g/mol. The highest BCUT2D eigenvalue weighted by atomic mass is 79.9. The molecule has 0 aliphatic heterocycles. The van der Waals surface area contributed by atoms with Gasteiger partial charge in [-0.3, -0.25) is 4.79 Å². The summed E-state index contributed by atoms with van der Waals surface area (Å²) in [4.78, 5) is 11.9. The molecule has 0 fully saturated rings. The zero-order valence-corrected chi connectivity index (χ0v) is 13.0. The van der Waals surface area contributed by atoms with Gasteiger partial charge in [-0.1, -0.05) is 17.7 Å². The van der Waals surface area contributed by atoms with Crippen LogP contribution in [0.3, 0.4) is 0 Å². The van der Waals surface area contributed by atoms with Crippen molar-refractivity contribution in [2.24, 2.45) is 0 Å². The van der Waals surface area contributed by atoms with Crippen LogP contribution in [0.2, 0.25) is 5.02 Å². The summed E-state index contributed by atoms with van der Waals surface area (Å²) >= 11 is 8.92. The molecule has 0 bridgehead atoms. The molecule has 5 heteroatoms. The number of hydrogen-bond donors (Lipinski definition) is 0. The average Bonchev–Trinajstić information content (AvgIpc) is 2.23. The zero-order valence-electron chi connectivity index (χ0n) is 10.7. The fraction of sp³-hybridized carbons (Fsp3) is 0.462. The van der Waals surface area contributed by atoms with Gasteiger partial charge in [0.05, 0.1) is 10.9 Å². The molecule has 1 aromatic rings. The van der Waals surface area contributed by atoms with Crippen LogP contribution in [-0.4, -0.2) is 11.6 Å². The Bertz CT molecular complexity index is 469. The Labute approximate surface area is 120 Å². The van der Waals surface area contributed by atoms with E-state index in [4.69, 9.17) is 16.3 Å². The molecule has 0 aliphatic rings. The minimum Gasteiger partial charge on any atom is -0.460 e. The summed E-state index contributed by atoms with van der Waals surface area (Å²) in [5.41, 5.74) is -0.363.